The molecule has 3 aromatic carbocycles. The van der Waals surface area contributed by atoms with Crippen molar-refractivity contribution in [3.8, 4) is 11.1 Å². The fraction of sp³-hybridized carbons (Fsp3) is 0. The van der Waals surface area contributed by atoms with Crippen LogP contribution in [0.4, 0.5) is 0 Å². The number of aromatic nitrogens is 1. The normalized spacial score (nSPS) is 10.8. The molecule has 4 aromatic rings. The van der Waals surface area contributed by atoms with E-state index in [2.05, 4.69) is 72.8 Å². The second-order valence-electron chi connectivity index (χ2n) is 5.31. The van der Waals surface area contributed by atoms with Crippen LogP contribution in [-0.4, -0.2) is 4.98 Å². The molecule has 2 heteroatoms. The molecule has 0 aliphatic carbocycles. The summed E-state index contributed by atoms with van der Waals surface area (Å²) in [5, 5.41) is 2.21. The molecule has 1 nitrogen and oxygen atoms in total. The van der Waals surface area contributed by atoms with Gasteiger partial charge in [-0.1, -0.05) is 78.5 Å². The summed E-state index contributed by atoms with van der Waals surface area (Å²) in [5.74, 6) is 0. The first-order valence-electron chi connectivity index (χ1n) is 7.58. The SMILES string of the molecule is c1ccc(Sc2cc(-c3ccccc3)c3ccccc3n2)cc1. The predicted octanol–water partition coefficient (Wildman–Crippen LogP) is 6.05. The topological polar surface area (TPSA) is 12.9 Å². The summed E-state index contributed by atoms with van der Waals surface area (Å²) in [6.07, 6.45) is 0. The molecule has 0 fully saturated rings. The van der Waals surface area contributed by atoms with Crippen LogP contribution < -0.4 is 0 Å². The van der Waals surface area contributed by atoms with Gasteiger partial charge in [0.25, 0.3) is 0 Å². The fourth-order valence-electron chi connectivity index (χ4n) is 2.67. The van der Waals surface area contributed by atoms with Crippen LogP contribution in [0, 0.1) is 0 Å². The Hall–Kier alpha value is -2.58. The Labute approximate surface area is 140 Å². The standard InChI is InChI=1S/C21H15NS/c1-3-9-16(10-4-1)19-15-21(23-17-11-5-2-6-12-17)22-20-14-8-7-13-18(19)20/h1-15H. The lowest BCUT2D eigenvalue weighted by Gasteiger charge is -2.10. The molecule has 1 heterocycles. The maximum absolute atomic E-state index is 4.82. The van der Waals surface area contributed by atoms with E-state index in [9.17, 15) is 0 Å². The average Bonchev–Trinajstić information content (AvgIpc) is 2.63. The molecule has 0 spiro atoms. The largest absolute Gasteiger partial charge is 0.241 e. The van der Waals surface area contributed by atoms with Gasteiger partial charge in [0.2, 0.25) is 0 Å². The highest BCUT2D eigenvalue weighted by molar-refractivity contribution is 7.99. The first kappa shape index (κ1) is 14.0. The van der Waals surface area contributed by atoms with Crippen molar-refractivity contribution in [3.63, 3.8) is 0 Å². The molecular formula is C21H15NS. The van der Waals surface area contributed by atoms with Gasteiger partial charge >= 0.3 is 0 Å². The molecule has 110 valence electrons. The number of nitrogens with zero attached hydrogens (tertiary/aromatic N) is 1. The van der Waals surface area contributed by atoms with E-state index < -0.39 is 0 Å². The Morgan fingerprint density at radius 2 is 1.30 bits per heavy atom. The highest BCUT2D eigenvalue weighted by Crippen LogP contribution is 2.34. The zero-order chi connectivity index (χ0) is 15.5. The third-order valence-corrected chi connectivity index (χ3v) is 4.67. The highest BCUT2D eigenvalue weighted by atomic mass is 32.2. The van der Waals surface area contributed by atoms with Gasteiger partial charge in [-0.05, 0) is 35.4 Å². The molecule has 0 N–H and O–H groups in total. The van der Waals surface area contributed by atoms with E-state index in [4.69, 9.17) is 4.98 Å². The van der Waals surface area contributed by atoms with E-state index in [1.165, 1.54) is 21.4 Å². The quantitative estimate of drug-likeness (QED) is 0.456. The van der Waals surface area contributed by atoms with E-state index in [0.29, 0.717) is 0 Å². The van der Waals surface area contributed by atoms with Crippen LogP contribution in [0.25, 0.3) is 22.0 Å². The minimum absolute atomic E-state index is 1.02. The predicted molar refractivity (Wildman–Crippen MR) is 97.7 cm³/mol. The summed E-state index contributed by atoms with van der Waals surface area (Å²) >= 11 is 1.70. The lowest BCUT2D eigenvalue weighted by Crippen LogP contribution is -1.88. The number of rotatable bonds is 3. The van der Waals surface area contributed by atoms with Gasteiger partial charge in [0.15, 0.2) is 0 Å². The zero-order valence-electron chi connectivity index (χ0n) is 12.5. The van der Waals surface area contributed by atoms with Crippen LogP contribution in [0.15, 0.2) is 101 Å². The van der Waals surface area contributed by atoms with E-state index in [1.54, 1.807) is 11.8 Å². The highest BCUT2D eigenvalue weighted by Gasteiger charge is 2.08. The van der Waals surface area contributed by atoms with Gasteiger partial charge in [0, 0.05) is 10.3 Å². The molecule has 0 amide bonds. The van der Waals surface area contributed by atoms with Gasteiger partial charge < -0.3 is 0 Å². The van der Waals surface area contributed by atoms with E-state index >= 15 is 0 Å². The number of para-hydroxylation sites is 1. The Balaban J connectivity index is 1.87. The molecule has 0 atom stereocenters. The molecule has 0 aliphatic heterocycles. The van der Waals surface area contributed by atoms with Crippen molar-refractivity contribution >= 4 is 22.7 Å². The summed E-state index contributed by atoms with van der Waals surface area (Å²) in [5.41, 5.74) is 3.49. The van der Waals surface area contributed by atoms with Crippen molar-refractivity contribution in [3.05, 3.63) is 91.0 Å². The Kier molecular flexibility index (Phi) is 3.83. The number of hydrogen-bond donors (Lipinski definition) is 0. The van der Waals surface area contributed by atoms with Crippen LogP contribution in [0.5, 0.6) is 0 Å². The number of fused-ring (bicyclic) bond motifs is 1. The van der Waals surface area contributed by atoms with Gasteiger partial charge in [-0.2, -0.15) is 0 Å². The summed E-state index contributed by atoms with van der Waals surface area (Å²) < 4.78 is 0. The second-order valence-corrected chi connectivity index (χ2v) is 6.40. The molecule has 1 aromatic heterocycles. The van der Waals surface area contributed by atoms with Crippen LogP contribution in [0.3, 0.4) is 0 Å². The number of hydrogen-bond acceptors (Lipinski definition) is 2. The zero-order valence-corrected chi connectivity index (χ0v) is 13.3. The molecule has 0 bridgehead atoms. The van der Waals surface area contributed by atoms with Gasteiger partial charge in [-0.15, -0.1) is 0 Å². The monoisotopic (exact) mass is 313 g/mol. The van der Waals surface area contributed by atoms with Crippen molar-refractivity contribution in [1.29, 1.82) is 0 Å². The van der Waals surface area contributed by atoms with Crippen molar-refractivity contribution in [2.24, 2.45) is 0 Å². The molecule has 23 heavy (non-hydrogen) atoms. The van der Waals surface area contributed by atoms with Crippen molar-refractivity contribution < 1.29 is 0 Å². The van der Waals surface area contributed by atoms with Crippen molar-refractivity contribution in [2.45, 2.75) is 9.92 Å². The maximum Gasteiger partial charge on any atom is 0.102 e. The van der Waals surface area contributed by atoms with Crippen molar-refractivity contribution in [1.82, 2.24) is 4.98 Å². The average molecular weight is 313 g/mol. The summed E-state index contributed by atoms with van der Waals surface area (Å²) in [6, 6.07) is 31.4. The summed E-state index contributed by atoms with van der Waals surface area (Å²) in [7, 11) is 0. The third kappa shape index (κ3) is 2.99. The van der Waals surface area contributed by atoms with E-state index in [0.717, 1.165) is 10.5 Å². The van der Waals surface area contributed by atoms with Crippen molar-refractivity contribution in [2.75, 3.05) is 0 Å². The molecule has 0 aliphatic rings. The van der Waals surface area contributed by atoms with Gasteiger partial charge in [-0.25, -0.2) is 4.98 Å². The minimum atomic E-state index is 1.02. The maximum atomic E-state index is 4.82. The minimum Gasteiger partial charge on any atom is -0.241 e. The smallest absolute Gasteiger partial charge is 0.102 e. The first-order chi connectivity index (χ1) is 11.4. The van der Waals surface area contributed by atoms with Crippen LogP contribution in [0.1, 0.15) is 0 Å². The number of pyridine rings is 1. The van der Waals surface area contributed by atoms with E-state index in [-0.39, 0.29) is 0 Å². The van der Waals surface area contributed by atoms with Crippen LogP contribution in [-0.2, 0) is 0 Å². The lowest BCUT2D eigenvalue weighted by atomic mass is 10.0. The fourth-order valence-corrected chi connectivity index (χ4v) is 3.52. The second kappa shape index (κ2) is 6.27. The lowest BCUT2D eigenvalue weighted by molar-refractivity contribution is 1.19. The van der Waals surface area contributed by atoms with Gasteiger partial charge in [0.05, 0.1) is 5.52 Å². The van der Waals surface area contributed by atoms with E-state index in [1.807, 2.05) is 18.2 Å². The molecule has 0 unspecified atom stereocenters. The molecular weight excluding hydrogens is 298 g/mol. The third-order valence-electron chi connectivity index (χ3n) is 3.74. The molecule has 0 radical (unpaired) electrons. The molecule has 0 saturated heterocycles. The van der Waals surface area contributed by atoms with Gasteiger partial charge in [-0.3, -0.25) is 0 Å². The number of benzene rings is 3. The summed E-state index contributed by atoms with van der Waals surface area (Å²) in [4.78, 5) is 6.02. The molecule has 4 rings (SSSR count). The molecule has 0 saturated carbocycles. The summed E-state index contributed by atoms with van der Waals surface area (Å²) in [6.45, 7) is 0. The Morgan fingerprint density at radius 1 is 0.652 bits per heavy atom. The van der Waals surface area contributed by atoms with Crippen LogP contribution in [0.2, 0.25) is 0 Å². The van der Waals surface area contributed by atoms with Gasteiger partial charge in [0.1, 0.15) is 5.03 Å². The van der Waals surface area contributed by atoms with Crippen LogP contribution >= 0.6 is 11.8 Å². The Morgan fingerprint density at radius 3 is 2.09 bits per heavy atom. The Bertz CT molecular complexity index is 933. The first-order valence-corrected chi connectivity index (χ1v) is 8.40.